The third-order valence-electron chi connectivity index (χ3n) is 5.21. The summed E-state index contributed by atoms with van der Waals surface area (Å²) in [6.07, 6.45) is 0. The zero-order valence-electron chi connectivity index (χ0n) is 15.7. The lowest BCUT2D eigenvalue weighted by atomic mass is 9.97. The van der Waals surface area contributed by atoms with Gasteiger partial charge in [0.15, 0.2) is 0 Å². The third-order valence-corrected chi connectivity index (χ3v) is 5.21. The highest BCUT2D eigenvalue weighted by molar-refractivity contribution is 6.13. The molecule has 132 valence electrons. The van der Waals surface area contributed by atoms with E-state index in [1.165, 1.54) is 32.6 Å². The van der Waals surface area contributed by atoms with Gasteiger partial charge in [-0.15, -0.1) is 0 Å². The van der Waals surface area contributed by atoms with Crippen LogP contribution in [-0.4, -0.2) is 9.55 Å². The van der Waals surface area contributed by atoms with E-state index in [4.69, 9.17) is 4.98 Å². The molecule has 2 heteroatoms. The number of hydrogen-bond donors (Lipinski definition) is 0. The van der Waals surface area contributed by atoms with Crippen LogP contribution in [-0.2, 0) is 6.54 Å². The second-order valence-corrected chi connectivity index (χ2v) is 7.62. The summed E-state index contributed by atoms with van der Waals surface area (Å²) >= 11 is 0. The van der Waals surface area contributed by atoms with Crippen molar-refractivity contribution in [1.82, 2.24) is 9.55 Å². The van der Waals surface area contributed by atoms with Crippen LogP contribution in [0, 0.1) is 5.92 Å². The van der Waals surface area contributed by atoms with Crippen LogP contribution in [0.3, 0.4) is 0 Å². The Morgan fingerprint density at radius 2 is 1.44 bits per heavy atom. The summed E-state index contributed by atoms with van der Waals surface area (Å²) in [6.45, 7) is 5.48. The summed E-state index contributed by atoms with van der Waals surface area (Å²) in [4.78, 5) is 5.06. The highest BCUT2D eigenvalue weighted by Gasteiger charge is 2.16. The van der Waals surface area contributed by atoms with E-state index in [1.54, 1.807) is 0 Å². The van der Waals surface area contributed by atoms with Crippen LogP contribution in [0.4, 0.5) is 0 Å². The van der Waals surface area contributed by atoms with Crippen LogP contribution in [0.25, 0.3) is 44.0 Å². The molecule has 0 aliphatic heterocycles. The first-order valence-electron chi connectivity index (χ1n) is 9.58. The largest absolute Gasteiger partial charge is 0.324 e. The summed E-state index contributed by atoms with van der Waals surface area (Å²) in [5, 5.41) is 5.10. The average molecular weight is 350 g/mol. The molecule has 5 rings (SSSR count). The molecule has 0 bridgehead atoms. The standard InChI is InChI=1S/C25H22N2/c1-17(2)16-27-24-14-8-7-13-23(24)26-25(27)22-15-18-9-3-4-10-19(18)20-11-5-6-12-21(20)22/h3-15,17H,16H2,1-2H3. The zero-order chi connectivity index (χ0) is 18.4. The molecule has 0 atom stereocenters. The van der Waals surface area contributed by atoms with Crippen molar-refractivity contribution < 1.29 is 0 Å². The van der Waals surface area contributed by atoms with Crippen molar-refractivity contribution in [2.45, 2.75) is 20.4 Å². The van der Waals surface area contributed by atoms with Crippen LogP contribution in [0.1, 0.15) is 13.8 Å². The highest BCUT2D eigenvalue weighted by Crippen LogP contribution is 2.36. The van der Waals surface area contributed by atoms with Gasteiger partial charge in [0.05, 0.1) is 11.0 Å². The fourth-order valence-electron chi connectivity index (χ4n) is 4.07. The topological polar surface area (TPSA) is 17.8 Å². The van der Waals surface area contributed by atoms with Gasteiger partial charge in [-0.2, -0.15) is 0 Å². The Hall–Kier alpha value is -3.13. The van der Waals surface area contributed by atoms with Crippen molar-refractivity contribution in [1.29, 1.82) is 0 Å². The average Bonchev–Trinajstić information content (AvgIpc) is 3.05. The Labute approximate surface area is 159 Å². The number of rotatable bonds is 3. The molecular weight excluding hydrogens is 328 g/mol. The summed E-state index contributed by atoms with van der Waals surface area (Å²) in [5.74, 6) is 1.61. The quantitative estimate of drug-likeness (QED) is 0.332. The molecule has 0 fully saturated rings. The predicted octanol–water partition coefficient (Wildman–Crippen LogP) is 6.67. The van der Waals surface area contributed by atoms with E-state index in [9.17, 15) is 0 Å². The molecular formula is C25H22N2. The molecule has 27 heavy (non-hydrogen) atoms. The van der Waals surface area contributed by atoms with Crippen molar-refractivity contribution in [2.75, 3.05) is 0 Å². The maximum atomic E-state index is 5.06. The van der Waals surface area contributed by atoms with E-state index in [2.05, 4.69) is 97.3 Å². The van der Waals surface area contributed by atoms with E-state index in [0.717, 1.165) is 17.9 Å². The minimum Gasteiger partial charge on any atom is -0.324 e. The molecule has 0 saturated carbocycles. The van der Waals surface area contributed by atoms with Gasteiger partial charge in [-0.3, -0.25) is 0 Å². The van der Waals surface area contributed by atoms with Crippen molar-refractivity contribution in [2.24, 2.45) is 5.92 Å². The van der Waals surface area contributed by atoms with Gasteiger partial charge >= 0.3 is 0 Å². The first-order chi connectivity index (χ1) is 13.2. The van der Waals surface area contributed by atoms with Gasteiger partial charge < -0.3 is 4.57 Å². The Bertz CT molecular complexity index is 1280. The van der Waals surface area contributed by atoms with Gasteiger partial charge in [0, 0.05) is 12.1 Å². The van der Waals surface area contributed by atoms with E-state index in [1.807, 2.05) is 0 Å². The van der Waals surface area contributed by atoms with Crippen molar-refractivity contribution in [3.05, 3.63) is 78.9 Å². The van der Waals surface area contributed by atoms with Crippen molar-refractivity contribution in [3.63, 3.8) is 0 Å². The van der Waals surface area contributed by atoms with Gasteiger partial charge in [-0.1, -0.05) is 74.5 Å². The summed E-state index contributed by atoms with van der Waals surface area (Å²) in [6, 6.07) is 28.1. The monoisotopic (exact) mass is 350 g/mol. The number of fused-ring (bicyclic) bond motifs is 4. The van der Waals surface area contributed by atoms with Gasteiger partial charge in [0.1, 0.15) is 5.82 Å². The smallest absolute Gasteiger partial charge is 0.141 e. The van der Waals surface area contributed by atoms with Crippen LogP contribution < -0.4 is 0 Å². The lowest BCUT2D eigenvalue weighted by Gasteiger charge is -2.15. The zero-order valence-corrected chi connectivity index (χ0v) is 15.7. The second-order valence-electron chi connectivity index (χ2n) is 7.62. The van der Waals surface area contributed by atoms with Gasteiger partial charge in [0.2, 0.25) is 0 Å². The molecule has 2 nitrogen and oxygen atoms in total. The first-order valence-corrected chi connectivity index (χ1v) is 9.58. The second kappa shape index (κ2) is 6.24. The fraction of sp³-hybridized carbons (Fsp3) is 0.160. The van der Waals surface area contributed by atoms with Gasteiger partial charge in [-0.25, -0.2) is 4.98 Å². The lowest BCUT2D eigenvalue weighted by molar-refractivity contribution is 0.536. The molecule has 1 aromatic heterocycles. The number of nitrogens with zero attached hydrogens (tertiary/aromatic N) is 2. The molecule has 0 unspecified atom stereocenters. The van der Waals surface area contributed by atoms with Crippen LogP contribution >= 0.6 is 0 Å². The summed E-state index contributed by atoms with van der Waals surface area (Å²) in [7, 11) is 0. The van der Waals surface area contributed by atoms with Crippen molar-refractivity contribution >= 4 is 32.6 Å². The minimum atomic E-state index is 0.549. The molecule has 4 aromatic carbocycles. The maximum absolute atomic E-state index is 5.06. The number of aromatic nitrogens is 2. The number of para-hydroxylation sites is 2. The Balaban J connectivity index is 1.90. The highest BCUT2D eigenvalue weighted by atomic mass is 15.1. The molecule has 0 radical (unpaired) electrons. The van der Waals surface area contributed by atoms with Crippen LogP contribution in [0.5, 0.6) is 0 Å². The summed E-state index contributed by atoms with van der Waals surface area (Å²) < 4.78 is 2.39. The van der Waals surface area contributed by atoms with E-state index in [-0.39, 0.29) is 0 Å². The number of benzene rings is 4. The normalized spacial score (nSPS) is 11.8. The lowest BCUT2D eigenvalue weighted by Crippen LogP contribution is -2.06. The Morgan fingerprint density at radius 1 is 0.778 bits per heavy atom. The molecule has 0 saturated heterocycles. The van der Waals surface area contributed by atoms with Crippen LogP contribution in [0.2, 0.25) is 0 Å². The minimum absolute atomic E-state index is 0.549. The molecule has 0 aliphatic carbocycles. The van der Waals surface area contributed by atoms with E-state index in [0.29, 0.717) is 5.92 Å². The third kappa shape index (κ3) is 2.60. The SMILES string of the molecule is CC(C)Cn1c(-c2cc3ccccc3c3ccccc23)nc2ccccc21. The number of hydrogen-bond acceptors (Lipinski definition) is 1. The Morgan fingerprint density at radius 3 is 2.26 bits per heavy atom. The van der Waals surface area contributed by atoms with Crippen LogP contribution in [0.15, 0.2) is 78.9 Å². The van der Waals surface area contributed by atoms with E-state index < -0.39 is 0 Å². The van der Waals surface area contributed by atoms with Crippen molar-refractivity contribution in [3.8, 4) is 11.4 Å². The summed E-state index contributed by atoms with van der Waals surface area (Å²) in [5.41, 5.74) is 3.48. The number of imidazole rings is 1. The van der Waals surface area contributed by atoms with E-state index >= 15 is 0 Å². The molecule has 0 amide bonds. The predicted molar refractivity (Wildman–Crippen MR) is 115 cm³/mol. The van der Waals surface area contributed by atoms with Gasteiger partial charge in [-0.05, 0) is 45.7 Å². The molecule has 1 heterocycles. The molecule has 0 aliphatic rings. The Kier molecular flexibility index (Phi) is 3.71. The van der Waals surface area contributed by atoms with Gasteiger partial charge in [0.25, 0.3) is 0 Å². The molecule has 0 N–H and O–H groups in total. The molecule has 0 spiro atoms. The first kappa shape index (κ1) is 16.1. The fourth-order valence-corrected chi connectivity index (χ4v) is 4.07. The maximum Gasteiger partial charge on any atom is 0.141 e. The molecule has 5 aromatic rings.